The molecule has 0 aromatic heterocycles. The normalized spacial score (nSPS) is 24.4. The molecule has 1 heterocycles. The zero-order valence-corrected chi connectivity index (χ0v) is 13.0. The van der Waals surface area contributed by atoms with Crippen LogP contribution in [-0.4, -0.2) is 29.1 Å². The summed E-state index contributed by atoms with van der Waals surface area (Å²) in [6, 6.07) is 5.28. The highest BCUT2D eigenvalue weighted by molar-refractivity contribution is 9.10. The summed E-state index contributed by atoms with van der Waals surface area (Å²) >= 11 is 3.48. The summed E-state index contributed by atoms with van der Waals surface area (Å²) in [6.07, 6.45) is 1.30. The molecular weight excluding hydrogens is 306 g/mol. The summed E-state index contributed by atoms with van der Waals surface area (Å²) in [5.41, 5.74) is 1.49. The Bertz CT molecular complexity index is 465. The molecule has 2 unspecified atom stereocenters. The Hall–Kier alpha value is -0.870. The minimum absolute atomic E-state index is 0.330. The number of rotatable bonds is 3. The highest BCUT2D eigenvalue weighted by Crippen LogP contribution is 2.25. The molecule has 0 bridgehead atoms. The Morgan fingerprint density at radius 2 is 2.00 bits per heavy atom. The summed E-state index contributed by atoms with van der Waals surface area (Å²) in [7, 11) is 0. The fourth-order valence-electron chi connectivity index (χ4n) is 2.97. The standard InChI is InChI=1S/C15H20BrNO2/c1-10-5-11(2)8-17(7-10)9-13-4-3-12(15(18)19)6-14(13)16/h3-4,6,10-11H,5,7-9H2,1-2H3,(H,18,19). The molecule has 1 saturated heterocycles. The van der Waals surface area contributed by atoms with Crippen molar-refractivity contribution in [2.75, 3.05) is 13.1 Å². The first-order chi connectivity index (χ1) is 8.95. The van der Waals surface area contributed by atoms with Gasteiger partial charge < -0.3 is 5.11 Å². The number of benzene rings is 1. The molecule has 1 N–H and O–H groups in total. The van der Waals surface area contributed by atoms with Crippen molar-refractivity contribution in [3.8, 4) is 0 Å². The monoisotopic (exact) mass is 325 g/mol. The smallest absolute Gasteiger partial charge is 0.335 e. The molecule has 2 atom stereocenters. The number of nitrogens with zero attached hydrogens (tertiary/aromatic N) is 1. The molecule has 1 aromatic carbocycles. The topological polar surface area (TPSA) is 40.5 Å². The lowest BCUT2D eigenvalue weighted by Crippen LogP contribution is -2.38. The summed E-state index contributed by atoms with van der Waals surface area (Å²) in [6.45, 7) is 7.72. The number of likely N-dealkylation sites (tertiary alicyclic amines) is 1. The van der Waals surface area contributed by atoms with Crippen LogP contribution in [-0.2, 0) is 6.54 Å². The molecule has 19 heavy (non-hydrogen) atoms. The van der Waals surface area contributed by atoms with Crippen molar-refractivity contribution in [1.82, 2.24) is 4.90 Å². The molecule has 1 fully saturated rings. The second kappa shape index (κ2) is 6.06. The second-order valence-corrected chi connectivity index (χ2v) is 6.61. The Kier molecular flexibility index (Phi) is 4.63. The van der Waals surface area contributed by atoms with Crippen LogP contribution in [0.3, 0.4) is 0 Å². The minimum atomic E-state index is -0.882. The number of hydrogen-bond donors (Lipinski definition) is 1. The maximum absolute atomic E-state index is 10.9. The van der Waals surface area contributed by atoms with Crippen LogP contribution in [0.4, 0.5) is 0 Å². The van der Waals surface area contributed by atoms with Gasteiger partial charge in [0.05, 0.1) is 5.56 Å². The molecule has 3 nitrogen and oxygen atoms in total. The van der Waals surface area contributed by atoms with Gasteiger partial charge >= 0.3 is 5.97 Å². The quantitative estimate of drug-likeness (QED) is 0.922. The van der Waals surface area contributed by atoms with Crippen LogP contribution in [0.2, 0.25) is 0 Å². The van der Waals surface area contributed by atoms with E-state index in [0.717, 1.165) is 41.5 Å². The van der Waals surface area contributed by atoms with Crippen LogP contribution in [0.15, 0.2) is 22.7 Å². The van der Waals surface area contributed by atoms with Gasteiger partial charge in [0.15, 0.2) is 0 Å². The molecule has 104 valence electrons. The third-order valence-electron chi connectivity index (χ3n) is 3.64. The van der Waals surface area contributed by atoms with E-state index in [-0.39, 0.29) is 0 Å². The van der Waals surface area contributed by atoms with Gasteiger partial charge in [-0.05, 0) is 36.0 Å². The van der Waals surface area contributed by atoms with Crippen molar-refractivity contribution in [2.45, 2.75) is 26.8 Å². The molecule has 1 aliphatic heterocycles. The fraction of sp³-hybridized carbons (Fsp3) is 0.533. The molecule has 0 spiro atoms. The molecule has 2 rings (SSSR count). The Labute approximate surface area is 122 Å². The van der Waals surface area contributed by atoms with Crippen molar-refractivity contribution >= 4 is 21.9 Å². The molecule has 0 radical (unpaired) electrons. The molecule has 4 heteroatoms. The van der Waals surface area contributed by atoms with E-state index in [1.54, 1.807) is 12.1 Å². The molecule has 1 aliphatic rings. The lowest BCUT2D eigenvalue weighted by molar-refractivity contribution is 0.0697. The maximum Gasteiger partial charge on any atom is 0.335 e. The lowest BCUT2D eigenvalue weighted by atomic mass is 9.91. The predicted octanol–water partition coefficient (Wildman–Crippen LogP) is 3.63. The fourth-order valence-corrected chi connectivity index (χ4v) is 3.47. The number of halogens is 1. The van der Waals surface area contributed by atoms with Crippen LogP contribution in [0.1, 0.15) is 36.2 Å². The number of carboxylic acid groups (broad SMARTS) is 1. The lowest BCUT2D eigenvalue weighted by Gasteiger charge is -2.35. The minimum Gasteiger partial charge on any atom is -0.478 e. The highest BCUT2D eigenvalue weighted by Gasteiger charge is 2.22. The first kappa shape index (κ1) is 14.5. The van der Waals surface area contributed by atoms with Crippen molar-refractivity contribution in [3.63, 3.8) is 0 Å². The van der Waals surface area contributed by atoms with E-state index in [1.165, 1.54) is 6.42 Å². The molecule has 0 aliphatic carbocycles. The van der Waals surface area contributed by atoms with Gasteiger partial charge in [0, 0.05) is 24.1 Å². The third-order valence-corrected chi connectivity index (χ3v) is 4.38. The van der Waals surface area contributed by atoms with Gasteiger partial charge in [-0.1, -0.05) is 35.8 Å². The number of aromatic carboxylic acids is 1. The SMILES string of the molecule is CC1CC(C)CN(Cc2ccc(C(=O)O)cc2Br)C1. The largest absolute Gasteiger partial charge is 0.478 e. The molecule has 0 saturated carbocycles. The Balaban J connectivity index is 2.08. The van der Waals surface area contributed by atoms with E-state index in [4.69, 9.17) is 5.11 Å². The van der Waals surface area contributed by atoms with Crippen molar-refractivity contribution in [2.24, 2.45) is 11.8 Å². The molecule has 0 amide bonds. The number of carbonyl (C=O) groups is 1. The van der Waals surface area contributed by atoms with Crippen LogP contribution < -0.4 is 0 Å². The van der Waals surface area contributed by atoms with Crippen LogP contribution in [0, 0.1) is 11.8 Å². The van der Waals surface area contributed by atoms with E-state index in [9.17, 15) is 4.79 Å². The first-order valence-electron chi connectivity index (χ1n) is 6.69. The van der Waals surface area contributed by atoms with E-state index in [2.05, 4.69) is 34.7 Å². The molecular formula is C15H20BrNO2. The average Bonchev–Trinajstić information content (AvgIpc) is 2.30. The Morgan fingerprint density at radius 3 is 2.53 bits per heavy atom. The highest BCUT2D eigenvalue weighted by atomic mass is 79.9. The van der Waals surface area contributed by atoms with E-state index >= 15 is 0 Å². The number of carboxylic acids is 1. The van der Waals surface area contributed by atoms with Crippen LogP contribution >= 0.6 is 15.9 Å². The van der Waals surface area contributed by atoms with E-state index in [0.29, 0.717) is 5.56 Å². The van der Waals surface area contributed by atoms with Gasteiger partial charge in [-0.15, -0.1) is 0 Å². The van der Waals surface area contributed by atoms with Gasteiger partial charge in [-0.3, -0.25) is 4.90 Å². The summed E-state index contributed by atoms with van der Waals surface area (Å²) < 4.78 is 0.887. The number of piperidine rings is 1. The van der Waals surface area contributed by atoms with Gasteiger partial charge in [0.2, 0.25) is 0 Å². The number of hydrogen-bond acceptors (Lipinski definition) is 2. The van der Waals surface area contributed by atoms with Crippen molar-refractivity contribution < 1.29 is 9.90 Å². The van der Waals surface area contributed by atoms with Crippen molar-refractivity contribution in [3.05, 3.63) is 33.8 Å². The Morgan fingerprint density at radius 1 is 1.37 bits per heavy atom. The predicted molar refractivity (Wildman–Crippen MR) is 79.3 cm³/mol. The van der Waals surface area contributed by atoms with E-state index in [1.807, 2.05) is 6.07 Å². The van der Waals surface area contributed by atoms with Gasteiger partial charge in [0.25, 0.3) is 0 Å². The van der Waals surface area contributed by atoms with Gasteiger partial charge in [0.1, 0.15) is 0 Å². The maximum atomic E-state index is 10.9. The zero-order chi connectivity index (χ0) is 14.0. The third kappa shape index (κ3) is 3.80. The second-order valence-electron chi connectivity index (χ2n) is 5.75. The first-order valence-corrected chi connectivity index (χ1v) is 7.49. The summed E-state index contributed by atoms with van der Waals surface area (Å²) in [4.78, 5) is 13.4. The summed E-state index contributed by atoms with van der Waals surface area (Å²) in [5.74, 6) is 0.592. The van der Waals surface area contributed by atoms with Gasteiger partial charge in [-0.2, -0.15) is 0 Å². The molecule has 1 aromatic rings. The van der Waals surface area contributed by atoms with Crippen molar-refractivity contribution in [1.29, 1.82) is 0 Å². The van der Waals surface area contributed by atoms with Gasteiger partial charge in [-0.25, -0.2) is 4.79 Å². The van der Waals surface area contributed by atoms with Crippen LogP contribution in [0.25, 0.3) is 0 Å². The van der Waals surface area contributed by atoms with Crippen LogP contribution in [0.5, 0.6) is 0 Å². The zero-order valence-electron chi connectivity index (χ0n) is 11.4. The summed E-state index contributed by atoms with van der Waals surface area (Å²) in [5, 5.41) is 8.96. The average molecular weight is 326 g/mol. The van der Waals surface area contributed by atoms with E-state index < -0.39 is 5.97 Å².